The number of nitrogens with zero attached hydrogens (tertiary/aromatic N) is 6. The number of pyridine rings is 2. The van der Waals surface area contributed by atoms with E-state index in [4.69, 9.17) is 20.4 Å². The van der Waals surface area contributed by atoms with Crippen molar-refractivity contribution < 1.29 is 19.4 Å². The van der Waals surface area contributed by atoms with Crippen molar-refractivity contribution in [2.24, 2.45) is 0 Å². The topological polar surface area (TPSA) is 163 Å². The minimum atomic E-state index is -0.317. The van der Waals surface area contributed by atoms with Gasteiger partial charge in [0, 0.05) is 23.0 Å². The molecular formula is C33H26N8O4. The van der Waals surface area contributed by atoms with Gasteiger partial charge in [-0.25, -0.2) is 19.6 Å². The van der Waals surface area contributed by atoms with Crippen molar-refractivity contribution in [1.29, 1.82) is 0 Å². The standard InChI is InChI=1S/C33H26N8O4/c34-30-24(2-1-11-35-30)31-37-26-8-10-29(41-27-17-45-16-21(27)14-36-41)39-32(26)40(31)22-5-6-23-18(13-22)3-7-25(23)38-33(44)19-4-9-28(43)20(12-19)15-42/h1-2,4-6,8-15,25,43H,3,7,16-17H2,(H2,34,35)(H,38,44)/t25-/m0/s1. The number of benzene rings is 2. The number of hydrogen-bond donors (Lipinski definition) is 3. The predicted molar refractivity (Wildman–Crippen MR) is 164 cm³/mol. The molecule has 1 aliphatic heterocycles. The number of imidazole rings is 1. The summed E-state index contributed by atoms with van der Waals surface area (Å²) in [7, 11) is 0. The lowest BCUT2D eigenvalue weighted by molar-refractivity contribution is 0.0936. The molecule has 0 unspecified atom stereocenters. The van der Waals surface area contributed by atoms with Crippen molar-refractivity contribution in [1.82, 2.24) is 34.6 Å². The number of aromatic hydroxyl groups is 1. The molecule has 0 radical (unpaired) electrons. The highest BCUT2D eigenvalue weighted by Crippen LogP contribution is 2.36. The van der Waals surface area contributed by atoms with Crippen LogP contribution >= 0.6 is 0 Å². The summed E-state index contributed by atoms with van der Waals surface area (Å²) in [6.07, 6.45) is 5.44. The Bertz CT molecular complexity index is 2170. The van der Waals surface area contributed by atoms with Gasteiger partial charge in [0.1, 0.15) is 17.1 Å². The van der Waals surface area contributed by atoms with Crippen LogP contribution in [0.2, 0.25) is 0 Å². The number of nitrogens with one attached hydrogen (secondary N) is 1. The highest BCUT2D eigenvalue weighted by molar-refractivity contribution is 5.96. The van der Waals surface area contributed by atoms with Gasteiger partial charge in [-0.15, -0.1) is 0 Å². The first-order chi connectivity index (χ1) is 22.0. The van der Waals surface area contributed by atoms with Crippen LogP contribution in [0.4, 0.5) is 5.82 Å². The molecule has 2 aliphatic rings. The molecule has 1 atom stereocenters. The van der Waals surface area contributed by atoms with E-state index in [1.807, 2.05) is 47.2 Å². The number of carbonyl (C=O) groups is 2. The lowest BCUT2D eigenvalue weighted by Crippen LogP contribution is -2.27. The zero-order valence-corrected chi connectivity index (χ0v) is 23.8. The summed E-state index contributed by atoms with van der Waals surface area (Å²) < 4.78 is 9.40. The largest absolute Gasteiger partial charge is 0.507 e. The molecule has 1 aliphatic carbocycles. The van der Waals surface area contributed by atoms with Gasteiger partial charge in [-0.2, -0.15) is 5.10 Å². The van der Waals surface area contributed by atoms with E-state index in [0.29, 0.717) is 65.7 Å². The molecule has 8 rings (SSSR count). The molecular weight excluding hydrogens is 572 g/mol. The maximum atomic E-state index is 13.1. The smallest absolute Gasteiger partial charge is 0.251 e. The maximum absolute atomic E-state index is 13.1. The lowest BCUT2D eigenvalue weighted by atomic mass is 10.1. The molecule has 45 heavy (non-hydrogen) atoms. The second kappa shape index (κ2) is 10.4. The summed E-state index contributed by atoms with van der Waals surface area (Å²) in [5, 5.41) is 17.5. The molecule has 5 heterocycles. The average Bonchev–Trinajstić information content (AvgIpc) is 3.84. The fraction of sp³-hybridized carbons (Fsp3) is 0.152. The third kappa shape index (κ3) is 4.42. The van der Waals surface area contributed by atoms with Gasteiger partial charge in [0.2, 0.25) is 0 Å². The molecule has 1 amide bonds. The Kier molecular flexibility index (Phi) is 6.17. The van der Waals surface area contributed by atoms with E-state index in [2.05, 4.69) is 21.5 Å². The molecule has 4 N–H and O–H groups in total. The molecule has 4 aromatic heterocycles. The molecule has 0 saturated carbocycles. The number of phenols is 1. The number of hydrogen-bond acceptors (Lipinski definition) is 9. The Hall–Kier alpha value is -5.88. The van der Waals surface area contributed by atoms with E-state index < -0.39 is 0 Å². The van der Waals surface area contributed by atoms with Crippen LogP contribution in [-0.4, -0.2) is 46.6 Å². The number of nitrogen functional groups attached to an aromatic ring is 1. The number of fused-ring (bicyclic) bond motifs is 3. The van der Waals surface area contributed by atoms with Gasteiger partial charge >= 0.3 is 0 Å². The quantitative estimate of drug-likeness (QED) is 0.238. The fourth-order valence-corrected chi connectivity index (χ4v) is 6.16. The van der Waals surface area contributed by atoms with E-state index in [0.717, 1.165) is 34.5 Å². The number of aromatic nitrogens is 6. The van der Waals surface area contributed by atoms with Crippen LogP contribution in [0.1, 0.15) is 55.6 Å². The number of amides is 1. The first-order valence-corrected chi connectivity index (χ1v) is 14.4. The minimum absolute atomic E-state index is 0.0683. The molecule has 12 nitrogen and oxygen atoms in total. The van der Waals surface area contributed by atoms with Crippen molar-refractivity contribution in [2.45, 2.75) is 32.1 Å². The number of nitrogens with two attached hydrogens (primary N) is 1. The predicted octanol–water partition coefficient (Wildman–Crippen LogP) is 4.22. The van der Waals surface area contributed by atoms with Crippen LogP contribution in [0, 0.1) is 0 Å². The van der Waals surface area contributed by atoms with E-state index >= 15 is 0 Å². The molecule has 0 bridgehead atoms. The van der Waals surface area contributed by atoms with Gasteiger partial charge in [0.15, 0.2) is 23.6 Å². The van der Waals surface area contributed by atoms with Crippen molar-refractivity contribution >= 4 is 29.2 Å². The molecule has 6 aromatic rings. The van der Waals surface area contributed by atoms with Crippen molar-refractivity contribution in [3.05, 3.63) is 107 Å². The third-order valence-electron chi connectivity index (χ3n) is 8.42. The Morgan fingerprint density at radius 3 is 2.84 bits per heavy atom. The first kappa shape index (κ1) is 26.7. The summed E-state index contributed by atoms with van der Waals surface area (Å²) in [4.78, 5) is 38.6. The van der Waals surface area contributed by atoms with E-state index in [1.165, 1.54) is 18.2 Å². The van der Waals surface area contributed by atoms with Gasteiger partial charge in [-0.3, -0.25) is 14.2 Å². The summed E-state index contributed by atoms with van der Waals surface area (Å²) in [6.45, 7) is 1.00. The highest BCUT2D eigenvalue weighted by Gasteiger charge is 2.27. The average molecular weight is 599 g/mol. The monoisotopic (exact) mass is 598 g/mol. The van der Waals surface area contributed by atoms with Crippen molar-refractivity contribution in [3.8, 4) is 28.6 Å². The highest BCUT2D eigenvalue weighted by atomic mass is 16.5. The summed E-state index contributed by atoms with van der Waals surface area (Å²) >= 11 is 0. The van der Waals surface area contributed by atoms with Crippen LogP contribution < -0.4 is 11.1 Å². The zero-order chi connectivity index (χ0) is 30.7. The SMILES string of the molecule is Nc1ncccc1-c1nc2ccc(-n3ncc4c3COC4)nc2n1-c1ccc2c(c1)CC[C@@H]2NC(=O)c1ccc(O)c(C=O)c1. The van der Waals surface area contributed by atoms with Crippen molar-refractivity contribution in [2.75, 3.05) is 5.73 Å². The van der Waals surface area contributed by atoms with Crippen LogP contribution in [0.5, 0.6) is 5.75 Å². The van der Waals surface area contributed by atoms with Gasteiger partial charge < -0.3 is 20.9 Å². The molecule has 12 heteroatoms. The second-order valence-corrected chi connectivity index (χ2v) is 11.1. The lowest BCUT2D eigenvalue weighted by Gasteiger charge is -2.16. The summed E-state index contributed by atoms with van der Waals surface area (Å²) in [6, 6.07) is 17.6. The second-order valence-electron chi connectivity index (χ2n) is 11.1. The van der Waals surface area contributed by atoms with Crippen LogP contribution in [0.15, 0.2) is 73.1 Å². The van der Waals surface area contributed by atoms with E-state index in [-0.39, 0.29) is 23.3 Å². The van der Waals surface area contributed by atoms with Gasteiger partial charge in [-0.05, 0) is 78.6 Å². The van der Waals surface area contributed by atoms with Crippen molar-refractivity contribution in [3.63, 3.8) is 0 Å². The molecule has 0 saturated heterocycles. The summed E-state index contributed by atoms with van der Waals surface area (Å²) in [5.41, 5.74) is 13.7. The number of phenolic OH excluding ortho intramolecular Hbond substituents is 1. The van der Waals surface area contributed by atoms with Crippen LogP contribution in [0.25, 0.3) is 34.1 Å². The van der Waals surface area contributed by atoms with Crippen LogP contribution in [-0.2, 0) is 24.4 Å². The van der Waals surface area contributed by atoms with Crippen LogP contribution in [0.3, 0.4) is 0 Å². The molecule has 0 spiro atoms. The molecule has 222 valence electrons. The third-order valence-corrected chi connectivity index (χ3v) is 8.42. The van der Waals surface area contributed by atoms with Gasteiger partial charge in [0.25, 0.3) is 5.91 Å². The van der Waals surface area contributed by atoms with E-state index in [9.17, 15) is 14.7 Å². The number of ether oxygens (including phenoxy) is 1. The molecule has 2 aromatic carbocycles. The zero-order valence-electron chi connectivity index (χ0n) is 23.8. The molecule has 0 fully saturated rings. The Morgan fingerprint density at radius 2 is 1.98 bits per heavy atom. The summed E-state index contributed by atoms with van der Waals surface area (Å²) in [5.74, 6) is 1.13. The Labute approximate surface area is 256 Å². The number of anilines is 1. The number of aldehydes is 1. The minimum Gasteiger partial charge on any atom is -0.507 e. The Balaban J connectivity index is 1.20. The Morgan fingerprint density at radius 1 is 1.07 bits per heavy atom. The number of carbonyl (C=O) groups excluding carboxylic acids is 2. The first-order valence-electron chi connectivity index (χ1n) is 14.4. The normalized spacial score (nSPS) is 15.2. The van der Waals surface area contributed by atoms with Gasteiger partial charge in [-0.1, -0.05) is 6.07 Å². The van der Waals surface area contributed by atoms with Gasteiger partial charge in [0.05, 0.1) is 42.3 Å². The number of aryl methyl sites for hydroxylation is 1. The fourth-order valence-electron chi connectivity index (χ4n) is 6.16. The number of rotatable bonds is 6. The maximum Gasteiger partial charge on any atom is 0.251 e. The van der Waals surface area contributed by atoms with E-state index in [1.54, 1.807) is 10.9 Å².